The quantitative estimate of drug-likeness (QED) is 0.111. The first-order valence-corrected chi connectivity index (χ1v) is 36.8. The van der Waals surface area contributed by atoms with E-state index in [-0.39, 0.29) is 19.1 Å². The lowest BCUT2D eigenvalue weighted by Gasteiger charge is -2.53. The second kappa shape index (κ2) is 20.4. The fourth-order valence-electron chi connectivity index (χ4n) is 6.27. The van der Waals surface area contributed by atoms with Gasteiger partial charge in [0.05, 0.1) is 31.8 Å². The van der Waals surface area contributed by atoms with Gasteiger partial charge in [-0.15, -0.1) is 0 Å². The molecule has 5 unspecified atom stereocenters. The third-order valence-corrected chi connectivity index (χ3v) is 13.2. The van der Waals surface area contributed by atoms with Gasteiger partial charge in [-0.25, -0.2) is 0 Å². The third kappa shape index (κ3) is 18.8. The van der Waals surface area contributed by atoms with Crippen molar-refractivity contribution in [3.8, 4) is 0 Å². The van der Waals surface area contributed by atoms with E-state index in [1.54, 1.807) is 0 Å². The van der Waals surface area contributed by atoms with Crippen molar-refractivity contribution in [2.75, 3.05) is 13.2 Å². The molecule has 0 aromatic heterocycles. The van der Waals surface area contributed by atoms with Crippen LogP contribution in [0.25, 0.3) is 0 Å². The molecule has 0 spiro atoms. The van der Waals surface area contributed by atoms with Gasteiger partial charge in [0.2, 0.25) is 17.7 Å². The Labute approximate surface area is 345 Å². The maximum atomic E-state index is 13.2. The largest absolute Gasteiger partial charge is 0.480 e. The van der Waals surface area contributed by atoms with E-state index in [4.69, 9.17) is 42.1 Å². The van der Waals surface area contributed by atoms with Crippen molar-refractivity contribution >= 4 is 65.3 Å². The van der Waals surface area contributed by atoms with Crippen LogP contribution in [0.4, 0.5) is 0 Å². The Morgan fingerprint density at radius 1 is 0.596 bits per heavy atom. The average Bonchev–Trinajstić information content (AvgIpc) is 2.97. The Bertz CT molecular complexity index is 1370. The molecule has 3 amide bonds. The minimum atomic E-state index is -2.51. The fraction of sp³-hybridized carbons (Fsp3) is 0.886. The van der Waals surface area contributed by atoms with Crippen LogP contribution in [0, 0.1) is 0 Å². The molecule has 2 rings (SSSR count). The van der Waals surface area contributed by atoms with Crippen molar-refractivity contribution in [1.82, 2.24) is 16.0 Å². The zero-order valence-electron chi connectivity index (χ0n) is 37.4. The molecule has 11 atom stereocenters. The molecule has 6 N–H and O–H groups in total. The molecule has 0 saturated carbocycles. The smallest absolute Gasteiger partial charge is 0.321 e. The van der Waals surface area contributed by atoms with Gasteiger partial charge in [0.1, 0.15) is 42.5 Å². The normalized spacial score (nSPS) is 29.6. The van der Waals surface area contributed by atoms with E-state index in [0.29, 0.717) is 0 Å². The Morgan fingerprint density at radius 2 is 1.00 bits per heavy atom. The summed E-state index contributed by atoms with van der Waals surface area (Å²) in [6.07, 6.45) is -7.81. The molecule has 22 heteroatoms. The van der Waals surface area contributed by atoms with Crippen LogP contribution in [0.1, 0.15) is 20.3 Å². The lowest BCUT2D eigenvalue weighted by Crippen LogP contribution is -2.73. The van der Waals surface area contributed by atoms with Crippen LogP contribution in [-0.4, -0.2) is 151 Å². The summed E-state index contributed by atoms with van der Waals surface area (Å²) in [6.45, 7) is 33.6. The van der Waals surface area contributed by atoms with Gasteiger partial charge in [0.15, 0.2) is 54.1 Å². The van der Waals surface area contributed by atoms with Gasteiger partial charge in [-0.1, -0.05) is 0 Å². The number of hydrogen-bond donors (Lipinski definition) is 5. The summed E-state index contributed by atoms with van der Waals surface area (Å²) in [6, 6.07) is -3.37. The number of carbonyl (C=O) groups excluding carboxylic acids is 3. The summed E-state index contributed by atoms with van der Waals surface area (Å²) < 4.78 is 54.1. The highest BCUT2D eigenvalue weighted by Gasteiger charge is 2.56. The van der Waals surface area contributed by atoms with Crippen molar-refractivity contribution in [2.45, 2.75) is 186 Å². The highest BCUT2D eigenvalue weighted by molar-refractivity contribution is 6.71. The molecule has 2 saturated heterocycles. The highest BCUT2D eigenvalue weighted by atomic mass is 28.4. The first kappa shape index (κ1) is 51.7. The predicted octanol–water partition coefficient (Wildman–Crippen LogP) is 3.11. The van der Waals surface area contributed by atoms with E-state index in [9.17, 15) is 24.3 Å². The zero-order chi connectivity index (χ0) is 44.1. The molecule has 0 bridgehead atoms. The summed E-state index contributed by atoms with van der Waals surface area (Å²) >= 11 is 0. The van der Waals surface area contributed by atoms with E-state index >= 15 is 0 Å². The maximum Gasteiger partial charge on any atom is 0.321 e. The number of hydrogen-bond acceptors (Lipinski definition) is 13. The number of carboxylic acids is 1. The standard InChI is InChI=1S/C35H74N4O13Si5/c1-21(40)37-27-31(51-56(12,13)14)29(24(19-45-53(3,4)5)47-33(27)39-26(42)18-23(36)34(43)44)49-35-28(38-22(2)41)32(52-57(15,16)17)30(50-55(9,10)11)25(48-35)20-46-54(6,7)8/h23-25,27-33,35H,18-20,36H2,1-17H3,(H,37,40)(H,38,41)(H,39,42)(H,43,44)/t23-,24?,25-,27?,28-,29?,30-,31?,32-,33?,35-/m0/s1. The molecule has 2 heterocycles. The van der Waals surface area contributed by atoms with Gasteiger partial charge in [0.25, 0.3) is 0 Å². The Morgan fingerprint density at radius 3 is 1.40 bits per heavy atom. The molecule has 0 radical (unpaired) electrons. The second-order valence-corrected chi connectivity index (χ2v) is 42.2. The van der Waals surface area contributed by atoms with Gasteiger partial charge in [-0.2, -0.15) is 0 Å². The first-order valence-electron chi connectivity index (χ1n) is 19.7. The van der Waals surface area contributed by atoms with Gasteiger partial charge in [-0.3, -0.25) is 19.2 Å². The van der Waals surface area contributed by atoms with E-state index in [2.05, 4.69) is 74.9 Å². The molecule has 17 nitrogen and oxygen atoms in total. The van der Waals surface area contributed by atoms with Crippen molar-refractivity contribution in [1.29, 1.82) is 0 Å². The van der Waals surface area contributed by atoms with E-state index in [1.165, 1.54) is 13.8 Å². The molecule has 0 aliphatic carbocycles. The van der Waals surface area contributed by atoms with E-state index < -0.39 is 133 Å². The van der Waals surface area contributed by atoms with Crippen LogP contribution in [-0.2, 0) is 55.5 Å². The molecule has 2 fully saturated rings. The number of ether oxygens (including phenoxy) is 3. The van der Waals surface area contributed by atoms with Crippen molar-refractivity contribution in [3.63, 3.8) is 0 Å². The number of aliphatic carboxylic acids is 1. The van der Waals surface area contributed by atoms with Gasteiger partial charge in [-0.05, 0) is 98.2 Å². The molecule has 0 aromatic rings. The summed E-state index contributed by atoms with van der Waals surface area (Å²) in [5, 5.41) is 18.1. The van der Waals surface area contributed by atoms with E-state index in [0.717, 1.165) is 0 Å². The summed E-state index contributed by atoms with van der Waals surface area (Å²) in [7, 11) is -11.4. The van der Waals surface area contributed by atoms with Crippen LogP contribution >= 0.6 is 0 Å². The number of carbonyl (C=O) groups is 4. The molecule has 332 valence electrons. The second-order valence-electron chi connectivity index (χ2n) is 19.8. The van der Waals surface area contributed by atoms with Crippen LogP contribution in [0.15, 0.2) is 0 Å². The van der Waals surface area contributed by atoms with Gasteiger partial charge in [0, 0.05) is 13.8 Å². The lowest BCUT2D eigenvalue weighted by atomic mass is 9.94. The average molecular weight is 899 g/mol. The van der Waals surface area contributed by atoms with Crippen LogP contribution < -0.4 is 21.7 Å². The predicted molar refractivity (Wildman–Crippen MR) is 229 cm³/mol. The number of carboxylic acid groups (broad SMARTS) is 1. The van der Waals surface area contributed by atoms with Gasteiger partial charge < -0.3 is 63.1 Å². The minimum absolute atomic E-state index is 0.00955. The zero-order valence-corrected chi connectivity index (χ0v) is 42.4. The van der Waals surface area contributed by atoms with Gasteiger partial charge >= 0.3 is 5.97 Å². The Hall–Kier alpha value is -1.40. The number of nitrogens with one attached hydrogen (secondary N) is 3. The number of nitrogens with two attached hydrogens (primary N) is 1. The molecule has 57 heavy (non-hydrogen) atoms. The van der Waals surface area contributed by atoms with E-state index in [1.807, 2.05) is 39.3 Å². The third-order valence-electron chi connectivity index (χ3n) is 8.23. The highest BCUT2D eigenvalue weighted by Crippen LogP contribution is 2.36. The number of rotatable bonds is 20. The molecule has 0 aromatic carbocycles. The monoisotopic (exact) mass is 898 g/mol. The Kier molecular flexibility index (Phi) is 18.6. The molecule has 2 aliphatic rings. The topological polar surface area (TPSA) is 224 Å². The number of amides is 3. The first-order chi connectivity index (χ1) is 25.6. The van der Waals surface area contributed by atoms with Crippen molar-refractivity contribution in [3.05, 3.63) is 0 Å². The van der Waals surface area contributed by atoms with Crippen molar-refractivity contribution < 1.29 is 60.6 Å². The van der Waals surface area contributed by atoms with Crippen LogP contribution in [0.3, 0.4) is 0 Å². The minimum Gasteiger partial charge on any atom is -0.480 e. The van der Waals surface area contributed by atoms with Crippen LogP contribution in [0.2, 0.25) is 98.2 Å². The molecular formula is C35H74N4O13Si5. The lowest BCUT2D eigenvalue weighted by molar-refractivity contribution is -0.310. The summed E-state index contributed by atoms with van der Waals surface area (Å²) in [5.41, 5.74) is 5.70. The van der Waals surface area contributed by atoms with Crippen molar-refractivity contribution in [2.24, 2.45) is 5.73 Å². The summed E-state index contributed by atoms with van der Waals surface area (Å²) in [4.78, 5) is 50.7. The molecular weight excluding hydrogens is 825 g/mol. The fourth-order valence-corrected chi connectivity index (χ4v) is 10.9. The van der Waals surface area contributed by atoms with Crippen LogP contribution in [0.5, 0.6) is 0 Å². The summed E-state index contributed by atoms with van der Waals surface area (Å²) in [5.74, 6) is -2.82. The molecule has 2 aliphatic heterocycles. The Balaban J connectivity index is 2.86. The maximum absolute atomic E-state index is 13.2. The SMILES string of the molecule is CC(=O)NC1C(NC(=O)C[C@H](N)C(=O)O)OC(CO[Si](C)(C)C)C(O[C@@H]2O[C@@H](CO[Si](C)(C)C)[C@H](O[Si](C)(C)C)[C@@H](O[Si](C)(C)C)[C@@H]2NC(C)=O)C1O[Si](C)(C)C.